The molecule has 3 heterocycles. The van der Waals surface area contributed by atoms with Crippen LogP contribution in [-0.4, -0.2) is 31.8 Å². The second kappa shape index (κ2) is 5.51. The van der Waals surface area contributed by atoms with Gasteiger partial charge < -0.3 is 14.2 Å². The van der Waals surface area contributed by atoms with Gasteiger partial charge in [-0.3, -0.25) is 13.9 Å². The molecule has 0 atom stereocenters. The van der Waals surface area contributed by atoms with Crippen molar-refractivity contribution in [3.8, 4) is 5.75 Å². The summed E-state index contributed by atoms with van der Waals surface area (Å²) in [5.41, 5.74) is 1.12. The van der Waals surface area contributed by atoms with E-state index in [-0.39, 0.29) is 11.2 Å². The third kappa shape index (κ3) is 2.17. The number of nitrogens with zero attached hydrogens (tertiary/aromatic N) is 5. The van der Waals surface area contributed by atoms with E-state index < -0.39 is 0 Å². The summed E-state index contributed by atoms with van der Waals surface area (Å²) >= 11 is 0. The number of hydrogen-bond acceptors (Lipinski definition) is 5. The standard InChI is InChI=1S/C17H19N5O3/c1-4-25-12-7-5-6-11(10-12)21-8-9-22-13-14(18-16(21)22)19(2)17(24)20(3)15(13)23/h5-7,10H,4,8-9H2,1-3H3. The van der Waals surface area contributed by atoms with Crippen LogP contribution in [0.5, 0.6) is 5.75 Å². The topological polar surface area (TPSA) is 74.3 Å². The average Bonchev–Trinajstić information content (AvgIpc) is 3.18. The molecule has 2 aromatic heterocycles. The number of aryl methyl sites for hydroxylation is 1. The van der Waals surface area contributed by atoms with Crippen LogP contribution in [0.1, 0.15) is 6.92 Å². The van der Waals surface area contributed by atoms with Crippen LogP contribution in [0, 0.1) is 0 Å². The normalized spacial score (nSPS) is 13.5. The zero-order chi connectivity index (χ0) is 17.7. The second-order valence-electron chi connectivity index (χ2n) is 6.02. The van der Waals surface area contributed by atoms with Crippen molar-refractivity contribution in [1.29, 1.82) is 0 Å². The monoisotopic (exact) mass is 341 g/mol. The Labute approximate surface area is 143 Å². The number of benzene rings is 1. The summed E-state index contributed by atoms with van der Waals surface area (Å²) in [5.74, 6) is 1.46. The first-order valence-corrected chi connectivity index (χ1v) is 8.19. The number of fused-ring (bicyclic) bond motifs is 3. The Morgan fingerprint density at radius 3 is 2.72 bits per heavy atom. The summed E-state index contributed by atoms with van der Waals surface area (Å²) in [5, 5.41) is 0. The molecule has 130 valence electrons. The average molecular weight is 341 g/mol. The van der Waals surface area contributed by atoms with E-state index in [1.54, 1.807) is 7.05 Å². The SMILES string of the molecule is CCOc1cccc(N2CCn3c2nc2c3c(=O)n(C)c(=O)n2C)c1. The van der Waals surface area contributed by atoms with Gasteiger partial charge in [0.15, 0.2) is 11.2 Å². The molecule has 3 aromatic rings. The van der Waals surface area contributed by atoms with Gasteiger partial charge in [0.1, 0.15) is 5.75 Å². The first-order chi connectivity index (χ1) is 12.0. The maximum Gasteiger partial charge on any atom is 0.332 e. The molecule has 0 fully saturated rings. The lowest BCUT2D eigenvalue weighted by Gasteiger charge is -2.17. The number of aromatic nitrogens is 4. The molecule has 0 N–H and O–H groups in total. The fraction of sp³-hybridized carbons (Fsp3) is 0.353. The molecule has 0 saturated heterocycles. The molecule has 0 spiro atoms. The number of ether oxygens (including phenoxy) is 1. The van der Waals surface area contributed by atoms with E-state index in [0.29, 0.717) is 36.8 Å². The Bertz CT molecular complexity index is 1090. The van der Waals surface area contributed by atoms with Crippen LogP contribution in [0.3, 0.4) is 0 Å². The molecule has 8 nitrogen and oxygen atoms in total. The highest BCUT2D eigenvalue weighted by atomic mass is 16.5. The number of anilines is 2. The number of imidazole rings is 1. The molecule has 0 saturated carbocycles. The van der Waals surface area contributed by atoms with E-state index in [4.69, 9.17) is 4.74 Å². The van der Waals surface area contributed by atoms with Crippen molar-refractivity contribution in [1.82, 2.24) is 18.7 Å². The third-order valence-corrected chi connectivity index (χ3v) is 4.56. The Morgan fingerprint density at radius 1 is 1.16 bits per heavy atom. The van der Waals surface area contributed by atoms with Crippen molar-refractivity contribution >= 4 is 22.8 Å². The van der Waals surface area contributed by atoms with Gasteiger partial charge in [-0.15, -0.1) is 0 Å². The van der Waals surface area contributed by atoms with E-state index in [1.165, 1.54) is 11.6 Å². The van der Waals surface area contributed by atoms with Gasteiger partial charge in [-0.05, 0) is 19.1 Å². The van der Waals surface area contributed by atoms with Crippen LogP contribution in [0.25, 0.3) is 11.2 Å². The second-order valence-corrected chi connectivity index (χ2v) is 6.02. The first-order valence-electron chi connectivity index (χ1n) is 8.19. The molecule has 0 radical (unpaired) electrons. The Morgan fingerprint density at radius 2 is 1.96 bits per heavy atom. The summed E-state index contributed by atoms with van der Waals surface area (Å²) in [6.07, 6.45) is 0. The van der Waals surface area contributed by atoms with E-state index in [9.17, 15) is 9.59 Å². The Kier molecular flexibility index (Phi) is 3.41. The molecule has 25 heavy (non-hydrogen) atoms. The van der Waals surface area contributed by atoms with Crippen LogP contribution >= 0.6 is 0 Å². The summed E-state index contributed by atoms with van der Waals surface area (Å²) in [4.78, 5) is 31.3. The lowest BCUT2D eigenvalue weighted by atomic mass is 10.3. The predicted molar refractivity (Wildman–Crippen MR) is 94.8 cm³/mol. The molecule has 0 aliphatic carbocycles. The molecule has 0 bridgehead atoms. The Hall–Kier alpha value is -3.03. The molecular formula is C17H19N5O3. The highest BCUT2D eigenvalue weighted by molar-refractivity contribution is 5.77. The zero-order valence-electron chi connectivity index (χ0n) is 14.4. The number of hydrogen-bond donors (Lipinski definition) is 0. The van der Waals surface area contributed by atoms with Crippen LogP contribution in [0.4, 0.5) is 11.6 Å². The van der Waals surface area contributed by atoms with Crippen molar-refractivity contribution in [2.75, 3.05) is 18.1 Å². The van der Waals surface area contributed by atoms with Crippen molar-refractivity contribution in [2.24, 2.45) is 14.1 Å². The first kappa shape index (κ1) is 15.5. The molecule has 1 aliphatic heterocycles. The van der Waals surface area contributed by atoms with Crippen LogP contribution in [0.15, 0.2) is 33.9 Å². The minimum absolute atomic E-state index is 0.318. The van der Waals surface area contributed by atoms with Gasteiger partial charge in [-0.1, -0.05) is 6.07 Å². The van der Waals surface area contributed by atoms with Crippen molar-refractivity contribution in [2.45, 2.75) is 13.5 Å². The zero-order valence-corrected chi connectivity index (χ0v) is 14.4. The van der Waals surface area contributed by atoms with E-state index >= 15 is 0 Å². The van der Waals surface area contributed by atoms with Crippen molar-refractivity contribution in [3.63, 3.8) is 0 Å². The minimum Gasteiger partial charge on any atom is -0.494 e. The van der Waals surface area contributed by atoms with Gasteiger partial charge in [0.05, 0.1) is 6.61 Å². The van der Waals surface area contributed by atoms with E-state index in [2.05, 4.69) is 4.98 Å². The third-order valence-electron chi connectivity index (χ3n) is 4.56. The van der Waals surface area contributed by atoms with Crippen molar-refractivity contribution in [3.05, 3.63) is 45.1 Å². The van der Waals surface area contributed by atoms with Crippen LogP contribution < -0.4 is 20.9 Å². The molecule has 4 rings (SSSR count). The molecule has 0 amide bonds. The summed E-state index contributed by atoms with van der Waals surface area (Å²) in [6, 6.07) is 7.77. The molecular weight excluding hydrogens is 322 g/mol. The smallest absolute Gasteiger partial charge is 0.332 e. The summed E-state index contributed by atoms with van der Waals surface area (Å²) < 4.78 is 9.98. The predicted octanol–water partition coefficient (Wildman–Crippen LogP) is 0.984. The van der Waals surface area contributed by atoms with Gasteiger partial charge >= 0.3 is 5.69 Å². The fourth-order valence-corrected chi connectivity index (χ4v) is 3.31. The summed E-state index contributed by atoms with van der Waals surface area (Å²) in [7, 11) is 3.12. The lowest BCUT2D eigenvalue weighted by molar-refractivity contribution is 0.340. The molecule has 1 aliphatic rings. The van der Waals surface area contributed by atoms with Gasteiger partial charge in [0.25, 0.3) is 5.56 Å². The van der Waals surface area contributed by atoms with E-state index in [1.807, 2.05) is 40.7 Å². The van der Waals surface area contributed by atoms with Gasteiger partial charge in [-0.2, -0.15) is 4.98 Å². The Balaban J connectivity index is 1.91. The van der Waals surface area contributed by atoms with Crippen LogP contribution in [-0.2, 0) is 20.6 Å². The molecule has 1 aromatic carbocycles. The maximum absolute atomic E-state index is 12.6. The van der Waals surface area contributed by atoms with Gasteiger partial charge in [0, 0.05) is 38.9 Å². The fourth-order valence-electron chi connectivity index (χ4n) is 3.31. The maximum atomic E-state index is 12.6. The van der Waals surface area contributed by atoms with Crippen molar-refractivity contribution < 1.29 is 4.74 Å². The molecule has 8 heteroatoms. The number of rotatable bonds is 3. The van der Waals surface area contributed by atoms with Gasteiger partial charge in [-0.25, -0.2) is 4.79 Å². The largest absolute Gasteiger partial charge is 0.494 e. The highest BCUT2D eigenvalue weighted by Gasteiger charge is 2.28. The quantitative estimate of drug-likeness (QED) is 0.710. The van der Waals surface area contributed by atoms with Crippen LogP contribution in [0.2, 0.25) is 0 Å². The van der Waals surface area contributed by atoms with E-state index in [0.717, 1.165) is 16.0 Å². The minimum atomic E-state index is -0.376. The lowest BCUT2D eigenvalue weighted by Crippen LogP contribution is -2.37. The van der Waals surface area contributed by atoms with Gasteiger partial charge in [0.2, 0.25) is 5.95 Å². The summed E-state index contributed by atoms with van der Waals surface area (Å²) in [6.45, 7) is 3.89. The highest BCUT2D eigenvalue weighted by Crippen LogP contribution is 2.33. The molecule has 0 unspecified atom stereocenters.